The van der Waals surface area contributed by atoms with Crippen molar-refractivity contribution in [2.75, 3.05) is 16.3 Å². The number of anilines is 5. The molecule has 2 nitrogen and oxygen atoms in total. The fourth-order valence-electron chi connectivity index (χ4n) is 8.20. The lowest BCUT2D eigenvalue weighted by atomic mass is 9.81. The molecular weight excluding hydrogens is 593 g/mol. The summed E-state index contributed by atoms with van der Waals surface area (Å²) < 4.78 is 0. The van der Waals surface area contributed by atoms with E-state index in [4.69, 9.17) is 0 Å². The van der Waals surface area contributed by atoms with Crippen molar-refractivity contribution in [3.05, 3.63) is 178 Å². The second kappa shape index (κ2) is 11.8. The second-order valence-electron chi connectivity index (χ2n) is 14.1. The summed E-state index contributed by atoms with van der Waals surface area (Å²) in [5, 5.41) is 0. The predicted octanol–water partition coefficient (Wildman–Crippen LogP) is 12.3. The molecule has 0 bridgehead atoms. The van der Waals surface area contributed by atoms with Crippen molar-refractivity contribution >= 4 is 46.7 Å². The number of aryl methyl sites for hydroxylation is 1. The zero-order valence-corrected chi connectivity index (χ0v) is 28.2. The van der Waals surface area contributed by atoms with E-state index in [-0.39, 0.29) is 5.41 Å². The summed E-state index contributed by atoms with van der Waals surface area (Å²) in [5.74, 6) is 0. The van der Waals surface area contributed by atoms with E-state index in [1.54, 1.807) is 0 Å². The Kier molecular flexibility index (Phi) is 7.13. The molecule has 3 aliphatic rings. The lowest BCUT2D eigenvalue weighted by molar-refractivity contribution is 0.659. The SMILES string of the molecule is CC1(C)c2cc(C=Cc3ccc(N4c5ccccc5C=CCc5ccccc54)cc3)ccc2-c2ccc(N3CCCc4ccccc43)cc21. The monoisotopic (exact) mass is 632 g/mol. The highest BCUT2D eigenvalue weighted by Crippen LogP contribution is 2.51. The fraction of sp³-hybridized carbons (Fsp3) is 0.149. The Morgan fingerprint density at radius 3 is 2.04 bits per heavy atom. The van der Waals surface area contributed by atoms with E-state index in [9.17, 15) is 0 Å². The first-order valence-electron chi connectivity index (χ1n) is 17.6. The summed E-state index contributed by atoms with van der Waals surface area (Å²) in [6, 6.07) is 49.4. The maximum absolute atomic E-state index is 2.51. The van der Waals surface area contributed by atoms with Gasteiger partial charge >= 0.3 is 0 Å². The van der Waals surface area contributed by atoms with Crippen LogP contribution in [-0.2, 0) is 18.3 Å². The number of allylic oxidation sites excluding steroid dienone is 1. The minimum absolute atomic E-state index is 0.0741. The molecule has 49 heavy (non-hydrogen) atoms. The molecule has 2 heterocycles. The highest BCUT2D eigenvalue weighted by Gasteiger charge is 2.36. The van der Waals surface area contributed by atoms with Gasteiger partial charge in [0.1, 0.15) is 0 Å². The van der Waals surface area contributed by atoms with Gasteiger partial charge in [0.15, 0.2) is 0 Å². The number of hydrogen-bond donors (Lipinski definition) is 0. The van der Waals surface area contributed by atoms with Crippen LogP contribution in [0.5, 0.6) is 0 Å². The van der Waals surface area contributed by atoms with Crippen LogP contribution in [0.15, 0.2) is 140 Å². The van der Waals surface area contributed by atoms with Crippen molar-refractivity contribution in [2.45, 2.75) is 38.5 Å². The van der Waals surface area contributed by atoms with E-state index in [0.29, 0.717) is 0 Å². The summed E-state index contributed by atoms with van der Waals surface area (Å²) >= 11 is 0. The summed E-state index contributed by atoms with van der Waals surface area (Å²) in [7, 11) is 0. The predicted molar refractivity (Wildman–Crippen MR) is 209 cm³/mol. The van der Waals surface area contributed by atoms with Crippen LogP contribution in [0, 0.1) is 0 Å². The first kappa shape index (κ1) is 29.5. The molecule has 0 saturated carbocycles. The van der Waals surface area contributed by atoms with Crippen LogP contribution in [0.2, 0.25) is 0 Å². The average molecular weight is 633 g/mol. The van der Waals surface area contributed by atoms with Gasteiger partial charge in [-0.3, -0.25) is 0 Å². The third-order valence-corrected chi connectivity index (χ3v) is 10.8. The molecule has 0 atom stereocenters. The molecule has 238 valence electrons. The van der Waals surface area contributed by atoms with Gasteiger partial charge in [-0.25, -0.2) is 0 Å². The molecule has 2 aliphatic heterocycles. The number of fused-ring (bicyclic) bond motifs is 6. The van der Waals surface area contributed by atoms with Crippen LogP contribution in [0.3, 0.4) is 0 Å². The maximum Gasteiger partial charge on any atom is 0.0533 e. The van der Waals surface area contributed by atoms with Crippen LogP contribution in [-0.4, -0.2) is 6.54 Å². The van der Waals surface area contributed by atoms with Crippen molar-refractivity contribution < 1.29 is 0 Å². The zero-order chi connectivity index (χ0) is 33.0. The summed E-state index contributed by atoms with van der Waals surface area (Å²) in [6.45, 7) is 5.83. The number of nitrogens with zero attached hydrogens (tertiary/aromatic N) is 2. The van der Waals surface area contributed by atoms with Crippen molar-refractivity contribution in [1.82, 2.24) is 0 Å². The van der Waals surface area contributed by atoms with Gasteiger partial charge < -0.3 is 9.80 Å². The largest absolute Gasteiger partial charge is 0.341 e. The van der Waals surface area contributed by atoms with E-state index >= 15 is 0 Å². The Morgan fingerprint density at radius 1 is 0.571 bits per heavy atom. The Bertz CT molecular complexity index is 2270. The van der Waals surface area contributed by atoms with Gasteiger partial charge in [0.2, 0.25) is 0 Å². The van der Waals surface area contributed by atoms with E-state index in [1.807, 2.05) is 0 Å². The van der Waals surface area contributed by atoms with Gasteiger partial charge in [-0.15, -0.1) is 0 Å². The quantitative estimate of drug-likeness (QED) is 0.178. The van der Waals surface area contributed by atoms with Crippen LogP contribution >= 0.6 is 0 Å². The fourth-order valence-corrected chi connectivity index (χ4v) is 8.20. The van der Waals surface area contributed by atoms with E-state index in [2.05, 4.69) is 181 Å². The molecule has 0 fully saturated rings. The Hall–Kier alpha value is -5.60. The van der Waals surface area contributed by atoms with Crippen molar-refractivity contribution in [1.29, 1.82) is 0 Å². The van der Waals surface area contributed by atoms with Crippen LogP contribution < -0.4 is 9.80 Å². The molecule has 0 amide bonds. The van der Waals surface area contributed by atoms with Crippen LogP contribution in [0.4, 0.5) is 28.4 Å². The summed E-state index contributed by atoms with van der Waals surface area (Å²) in [4.78, 5) is 4.91. The number of rotatable bonds is 4. The Morgan fingerprint density at radius 2 is 1.20 bits per heavy atom. The second-order valence-corrected chi connectivity index (χ2v) is 14.1. The number of hydrogen-bond acceptors (Lipinski definition) is 2. The van der Waals surface area contributed by atoms with E-state index in [0.717, 1.165) is 25.1 Å². The zero-order valence-electron chi connectivity index (χ0n) is 28.2. The highest BCUT2D eigenvalue weighted by molar-refractivity contribution is 5.87. The van der Waals surface area contributed by atoms with Crippen molar-refractivity contribution in [3.8, 4) is 11.1 Å². The smallest absolute Gasteiger partial charge is 0.0533 e. The molecule has 0 N–H and O–H groups in total. The molecule has 0 unspecified atom stereocenters. The number of para-hydroxylation sites is 3. The van der Waals surface area contributed by atoms with Gasteiger partial charge in [-0.1, -0.05) is 129 Å². The number of benzene rings is 6. The molecule has 0 radical (unpaired) electrons. The third-order valence-electron chi connectivity index (χ3n) is 10.8. The Labute approximate surface area is 290 Å². The molecule has 6 aromatic carbocycles. The van der Waals surface area contributed by atoms with Crippen molar-refractivity contribution in [2.24, 2.45) is 0 Å². The molecule has 1 aliphatic carbocycles. The van der Waals surface area contributed by atoms with Gasteiger partial charge in [0.25, 0.3) is 0 Å². The van der Waals surface area contributed by atoms with Crippen molar-refractivity contribution in [3.63, 3.8) is 0 Å². The van der Waals surface area contributed by atoms with Gasteiger partial charge in [0, 0.05) is 34.7 Å². The average Bonchev–Trinajstić information content (AvgIpc) is 3.36. The molecule has 9 rings (SSSR count). The Balaban J connectivity index is 0.995. The molecule has 0 spiro atoms. The first-order chi connectivity index (χ1) is 24.0. The normalized spacial score (nSPS) is 15.6. The summed E-state index contributed by atoms with van der Waals surface area (Å²) in [6.07, 6.45) is 12.3. The first-order valence-corrected chi connectivity index (χ1v) is 17.6. The summed E-state index contributed by atoms with van der Waals surface area (Å²) in [5.41, 5.74) is 18.1. The van der Waals surface area contributed by atoms with E-state index < -0.39 is 0 Å². The lowest BCUT2D eigenvalue weighted by Gasteiger charge is -2.32. The molecular formula is C47H40N2. The molecule has 6 aromatic rings. The molecule has 0 saturated heterocycles. The minimum Gasteiger partial charge on any atom is -0.341 e. The molecule has 0 aromatic heterocycles. The van der Waals surface area contributed by atoms with Gasteiger partial charge in [-0.2, -0.15) is 0 Å². The third kappa shape index (κ3) is 5.11. The van der Waals surface area contributed by atoms with E-state index in [1.165, 1.54) is 79.2 Å². The topological polar surface area (TPSA) is 6.48 Å². The van der Waals surface area contributed by atoms with Gasteiger partial charge in [0.05, 0.1) is 5.69 Å². The maximum atomic E-state index is 2.51. The molecule has 2 heteroatoms. The van der Waals surface area contributed by atoms with Crippen LogP contribution in [0.1, 0.15) is 59.2 Å². The van der Waals surface area contributed by atoms with Gasteiger partial charge in [-0.05, 0) is 112 Å². The minimum atomic E-state index is -0.0741. The highest BCUT2D eigenvalue weighted by atomic mass is 15.1. The standard InChI is InChI=1S/C47H40N2/c1-47(2)42-31-34(24-28-40(42)41-29-27-39(32-43(41)47)48-30-10-16-35-11-3-6-17-44(35)48)21-20-33-22-25-38(26-23-33)49-45-18-7-4-12-36(45)14-9-15-37-13-5-8-19-46(37)49/h3-9,11-14,17-29,31-32H,10,15-16,30H2,1-2H3. The lowest BCUT2D eigenvalue weighted by Crippen LogP contribution is -2.25. The van der Waals surface area contributed by atoms with Crippen LogP contribution in [0.25, 0.3) is 29.4 Å².